The van der Waals surface area contributed by atoms with Crippen molar-refractivity contribution < 1.29 is 23.4 Å². The van der Waals surface area contributed by atoms with Crippen molar-refractivity contribution in [2.75, 3.05) is 25.8 Å². The number of fused-ring (bicyclic) bond motifs is 2. The summed E-state index contributed by atoms with van der Waals surface area (Å²) in [6.07, 6.45) is 2.07. The van der Waals surface area contributed by atoms with Crippen molar-refractivity contribution in [1.82, 2.24) is 9.55 Å². The highest BCUT2D eigenvalue weighted by Gasteiger charge is 2.23. The van der Waals surface area contributed by atoms with Crippen LogP contribution < -0.4 is 20.3 Å². The Hall–Kier alpha value is -3.33. The Labute approximate surface area is 159 Å². The van der Waals surface area contributed by atoms with Crippen LogP contribution in [0.25, 0.3) is 11.1 Å². The molecule has 1 aliphatic rings. The maximum Gasteiger partial charge on any atom is 0.265 e. The van der Waals surface area contributed by atoms with Crippen LogP contribution in [0, 0.1) is 6.92 Å². The number of carbonyl (C=O) groups is 1. The Balaban J connectivity index is 1.67. The largest absolute Gasteiger partial charge is 0.454 e. The van der Waals surface area contributed by atoms with Gasteiger partial charge in [-0.15, -0.1) is 0 Å². The van der Waals surface area contributed by atoms with E-state index in [4.69, 9.17) is 18.6 Å². The van der Waals surface area contributed by atoms with Crippen molar-refractivity contribution >= 4 is 22.7 Å². The molecule has 2 aromatic heterocycles. The van der Waals surface area contributed by atoms with Gasteiger partial charge in [-0.3, -0.25) is 14.2 Å². The summed E-state index contributed by atoms with van der Waals surface area (Å²) in [7, 11) is 1.60. The summed E-state index contributed by atoms with van der Waals surface area (Å²) in [4.78, 5) is 29.9. The van der Waals surface area contributed by atoms with Gasteiger partial charge in [0.05, 0.1) is 5.56 Å². The molecule has 9 heteroatoms. The standard InChI is InChI=1S/C19H19N3O6/c1-11-15(17(23)21-12-4-5-13-14(8-12)27-10-26-13)16-18(28-11)20-9-22(19(16)24)6-3-7-25-2/h4-5,8-9H,3,6-7,10H2,1-2H3,(H,21,23). The number of benzene rings is 1. The second-order valence-corrected chi connectivity index (χ2v) is 6.33. The Bertz CT molecular complexity index is 1100. The molecule has 4 rings (SSSR count). The van der Waals surface area contributed by atoms with E-state index in [0.29, 0.717) is 42.5 Å². The normalized spacial score (nSPS) is 12.5. The van der Waals surface area contributed by atoms with E-state index in [1.54, 1.807) is 32.2 Å². The zero-order valence-electron chi connectivity index (χ0n) is 15.5. The molecule has 3 aromatic rings. The molecular weight excluding hydrogens is 366 g/mol. The molecule has 146 valence electrons. The van der Waals surface area contributed by atoms with Crippen molar-refractivity contribution in [3.8, 4) is 11.5 Å². The van der Waals surface area contributed by atoms with Gasteiger partial charge >= 0.3 is 0 Å². The monoisotopic (exact) mass is 385 g/mol. The molecule has 1 aliphatic heterocycles. The Kier molecular flexibility index (Phi) is 4.74. The van der Waals surface area contributed by atoms with E-state index in [9.17, 15) is 9.59 Å². The molecule has 1 aromatic carbocycles. The van der Waals surface area contributed by atoms with Crippen LogP contribution in [-0.4, -0.2) is 36.0 Å². The van der Waals surface area contributed by atoms with Gasteiger partial charge < -0.3 is 23.9 Å². The van der Waals surface area contributed by atoms with E-state index in [0.717, 1.165) is 0 Å². The number of furan rings is 1. The van der Waals surface area contributed by atoms with E-state index in [1.807, 2.05) is 0 Å². The predicted octanol–water partition coefficient (Wildman–Crippen LogP) is 2.32. The Morgan fingerprint density at radius 3 is 2.96 bits per heavy atom. The van der Waals surface area contributed by atoms with Crippen LogP contribution in [0.15, 0.2) is 33.7 Å². The number of ether oxygens (including phenoxy) is 3. The molecule has 0 spiro atoms. The molecule has 0 bridgehead atoms. The summed E-state index contributed by atoms with van der Waals surface area (Å²) in [6.45, 7) is 2.73. The van der Waals surface area contributed by atoms with Gasteiger partial charge in [0.1, 0.15) is 17.5 Å². The average Bonchev–Trinajstić information content (AvgIpc) is 3.27. The molecule has 0 aliphatic carbocycles. The lowest BCUT2D eigenvalue weighted by Gasteiger charge is -2.07. The smallest absolute Gasteiger partial charge is 0.265 e. The van der Waals surface area contributed by atoms with Gasteiger partial charge in [-0.1, -0.05) is 0 Å². The molecule has 9 nitrogen and oxygen atoms in total. The molecule has 0 atom stereocenters. The molecule has 0 saturated heterocycles. The zero-order valence-corrected chi connectivity index (χ0v) is 15.5. The minimum atomic E-state index is -0.455. The Morgan fingerprint density at radius 1 is 1.32 bits per heavy atom. The highest BCUT2D eigenvalue weighted by atomic mass is 16.7. The first-order chi connectivity index (χ1) is 13.6. The van der Waals surface area contributed by atoms with Crippen LogP contribution in [-0.2, 0) is 11.3 Å². The third-order valence-corrected chi connectivity index (χ3v) is 4.46. The summed E-state index contributed by atoms with van der Waals surface area (Å²) in [5.74, 6) is 1.04. The highest BCUT2D eigenvalue weighted by Crippen LogP contribution is 2.34. The van der Waals surface area contributed by atoms with Gasteiger partial charge in [-0.05, 0) is 25.5 Å². The maximum atomic E-state index is 12.9. The fraction of sp³-hybridized carbons (Fsp3) is 0.316. The van der Waals surface area contributed by atoms with Crippen LogP contribution in [0.2, 0.25) is 0 Å². The van der Waals surface area contributed by atoms with Crippen molar-refractivity contribution in [3.05, 3.63) is 46.2 Å². The molecular formula is C19H19N3O6. The average molecular weight is 385 g/mol. The first kappa shape index (κ1) is 18.1. The van der Waals surface area contributed by atoms with Crippen molar-refractivity contribution in [1.29, 1.82) is 0 Å². The molecule has 0 saturated carbocycles. The van der Waals surface area contributed by atoms with Crippen molar-refractivity contribution in [3.63, 3.8) is 0 Å². The summed E-state index contributed by atoms with van der Waals surface area (Å²) in [5, 5.41) is 2.94. The number of methoxy groups -OCH3 is 1. The number of aromatic nitrogens is 2. The topological polar surface area (TPSA) is 105 Å². The van der Waals surface area contributed by atoms with Crippen LogP contribution in [0.3, 0.4) is 0 Å². The zero-order chi connectivity index (χ0) is 19.7. The van der Waals surface area contributed by atoms with Gasteiger partial charge in [-0.2, -0.15) is 0 Å². The lowest BCUT2D eigenvalue weighted by atomic mass is 10.1. The van der Waals surface area contributed by atoms with Gasteiger partial charge in [0.15, 0.2) is 11.5 Å². The summed E-state index contributed by atoms with van der Waals surface area (Å²) in [5.41, 5.74) is 0.508. The number of amides is 1. The fourth-order valence-corrected chi connectivity index (χ4v) is 3.12. The molecule has 0 radical (unpaired) electrons. The summed E-state index contributed by atoms with van der Waals surface area (Å²) >= 11 is 0. The first-order valence-electron chi connectivity index (χ1n) is 8.77. The maximum absolute atomic E-state index is 12.9. The van der Waals surface area contributed by atoms with Crippen molar-refractivity contribution in [2.24, 2.45) is 0 Å². The molecule has 3 heterocycles. The lowest BCUT2D eigenvalue weighted by molar-refractivity contribution is 0.102. The number of hydrogen-bond acceptors (Lipinski definition) is 7. The van der Waals surface area contributed by atoms with Gasteiger partial charge in [0.2, 0.25) is 12.5 Å². The highest BCUT2D eigenvalue weighted by molar-refractivity contribution is 6.12. The fourth-order valence-electron chi connectivity index (χ4n) is 3.12. The van der Waals surface area contributed by atoms with Crippen LogP contribution >= 0.6 is 0 Å². The van der Waals surface area contributed by atoms with Crippen LogP contribution in [0.4, 0.5) is 5.69 Å². The van der Waals surface area contributed by atoms with E-state index in [-0.39, 0.29) is 29.0 Å². The number of nitrogens with one attached hydrogen (secondary N) is 1. The minimum absolute atomic E-state index is 0.140. The van der Waals surface area contributed by atoms with Crippen LogP contribution in [0.1, 0.15) is 22.5 Å². The predicted molar refractivity (Wildman–Crippen MR) is 100 cm³/mol. The van der Waals surface area contributed by atoms with E-state index < -0.39 is 5.91 Å². The quantitative estimate of drug-likeness (QED) is 0.649. The SMILES string of the molecule is COCCCn1cnc2oc(C)c(C(=O)Nc3ccc4c(c3)OCO4)c2c1=O. The number of hydrogen-bond donors (Lipinski definition) is 1. The van der Waals surface area contributed by atoms with Gasteiger partial charge in [-0.25, -0.2) is 4.98 Å². The second kappa shape index (κ2) is 7.35. The Morgan fingerprint density at radius 2 is 2.14 bits per heavy atom. The van der Waals surface area contributed by atoms with Gasteiger partial charge in [0, 0.05) is 32.0 Å². The van der Waals surface area contributed by atoms with Crippen molar-refractivity contribution in [2.45, 2.75) is 19.9 Å². The lowest BCUT2D eigenvalue weighted by Crippen LogP contribution is -2.23. The third kappa shape index (κ3) is 3.20. The number of aryl methyl sites for hydroxylation is 2. The minimum Gasteiger partial charge on any atom is -0.454 e. The number of nitrogens with zero attached hydrogens (tertiary/aromatic N) is 2. The molecule has 1 amide bonds. The molecule has 1 N–H and O–H groups in total. The second-order valence-electron chi connectivity index (χ2n) is 6.33. The van der Waals surface area contributed by atoms with Crippen LogP contribution in [0.5, 0.6) is 11.5 Å². The van der Waals surface area contributed by atoms with Gasteiger partial charge in [0.25, 0.3) is 11.5 Å². The molecule has 0 fully saturated rings. The summed E-state index contributed by atoms with van der Waals surface area (Å²) in [6, 6.07) is 5.08. The third-order valence-electron chi connectivity index (χ3n) is 4.46. The van der Waals surface area contributed by atoms with E-state index in [2.05, 4.69) is 10.3 Å². The number of carbonyl (C=O) groups excluding carboxylic acids is 1. The van der Waals surface area contributed by atoms with E-state index >= 15 is 0 Å². The first-order valence-corrected chi connectivity index (χ1v) is 8.77. The molecule has 28 heavy (non-hydrogen) atoms. The number of rotatable bonds is 6. The molecule has 0 unspecified atom stereocenters. The van der Waals surface area contributed by atoms with E-state index in [1.165, 1.54) is 10.9 Å². The number of anilines is 1. The summed E-state index contributed by atoms with van der Waals surface area (Å²) < 4.78 is 22.6.